The van der Waals surface area contributed by atoms with E-state index in [1.807, 2.05) is 12.1 Å². The first-order chi connectivity index (χ1) is 69.5. The predicted octanol–water partition coefficient (Wildman–Crippen LogP) is 37.2. The van der Waals surface area contributed by atoms with Crippen molar-refractivity contribution in [2.45, 2.75) is 0 Å². The maximum atomic E-state index is 7.07. The first-order valence-electron chi connectivity index (χ1n) is 47.8. The molecule has 0 amide bonds. The number of aromatic nitrogens is 2. The number of benzene rings is 22. The van der Waals surface area contributed by atoms with Crippen molar-refractivity contribution in [1.82, 2.24) is 9.13 Å². The van der Waals surface area contributed by atoms with E-state index in [2.05, 4.69) is 529 Å². The monoisotopic (exact) mass is 1780 g/mol. The van der Waals surface area contributed by atoms with Crippen molar-refractivity contribution in [2.24, 2.45) is 0 Å². The van der Waals surface area contributed by atoms with E-state index in [1.54, 1.807) is 0 Å². The first kappa shape index (κ1) is 80.8. The molecule has 27 rings (SSSR count). The quantitative estimate of drug-likeness (QED) is 0.0803. The van der Waals surface area contributed by atoms with Crippen LogP contribution in [-0.2, 0) is 0 Å². The summed E-state index contributed by atoms with van der Waals surface area (Å²) in [5.74, 6) is 0. The van der Waals surface area contributed by atoms with Crippen molar-refractivity contribution in [1.29, 1.82) is 0 Å². The van der Waals surface area contributed by atoms with E-state index in [1.165, 1.54) is 43.4 Å². The minimum absolute atomic E-state index is 0.836. The Bertz CT molecular complexity index is 9450. The third-order valence-electron chi connectivity index (χ3n) is 28.4. The molecule has 27 aromatic rings. The Morgan fingerprint density at radius 2 is 0.564 bits per heavy atom. The minimum Gasteiger partial charge on any atom is -0.455 e. The molecule has 0 bridgehead atoms. The van der Waals surface area contributed by atoms with Gasteiger partial charge in [0.1, 0.15) is 27.8 Å². The Morgan fingerprint density at radius 3 is 1.16 bits per heavy atom. The lowest BCUT2D eigenvalue weighted by molar-refractivity contribution is 0.669. The van der Waals surface area contributed by atoms with Crippen LogP contribution in [0.25, 0.3) is 232 Å². The smallest absolute Gasteiger partial charge is 0.143 e. The molecule has 6 nitrogen and oxygen atoms in total. The van der Waals surface area contributed by atoms with Crippen LogP contribution >= 0.6 is 0 Å². The highest BCUT2D eigenvalue weighted by Crippen LogP contribution is 2.52. The maximum absolute atomic E-state index is 7.07. The third-order valence-corrected chi connectivity index (χ3v) is 28.4. The molecule has 0 aliphatic rings. The lowest BCUT2D eigenvalue weighted by atomic mass is 9.90. The second kappa shape index (κ2) is 33.7. The van der Waals surface area contributed by atoms with E-state index in [9.17, 15) is 0 Å². The van der Waals surface area contributed by atoms with Gasteiger partial charge in [0.25, 0.3) is 0 Å². The normalized spacial score (nSPS) is 11.7. The molecule has 0 spiro atoms. The Labute approximate surface area is 809 Å². The molecule has 0 saturated heterocycles. The summed E-state index contributed by atoms with van der Waals surface area (Å²) >= 11 is 0. The van der Waals surface area contributed by atoms with Crippen LogP contribution in [0.15, 0.2) is 518 Å². The highest BCUT2D eigenvalue weighted by molar-refractivity contribution is 6.18. The van der Waals surface area contributed by atoms with Gasteiger partial charge in [-0.1, -0.05) is 382 Å². The molecule has 652 valence electrons. The lowest BCUT2D eigenvalue weighted by Crippen LogP contribution is -2.12. The van der Waals surface area contributed by atoms with Crippen molar-refractivity contribution in [3.05, 3.63) is 522 Å². The van der Waals surface area contributed by atoms with Gasteiger partial charge in [-0.3, -0.25) is 0 Å². The minimum atomic E-state index is 0.836. The lowest BCUT2D eigenvalue weighted by Gasteiger charge is -2.30. The highest BCUT2D eigenvalue weighted by atomic mass is 16.3. The molecule has 0 aliphatic carbocycles. The number of anilines is 6. The molecule has 0 atom stereocenters. The van der Waals surface area contributed by atoms with Gasteiger partial charge in [0.15, 0.2) is 0 Å². The predicted molar refractivity (Wildman–Crippen MR) is 586 cm³/mol. The number of nitrogens with zero attached hydrogens (tertiary/aromatic N) is 4. The first-order valence-corrected chi connectivity index (χ1v) is 47.8. The highest BCUT2D eigenvalue weighted by Gasteiger charge is 2.28. The van der Waals surface area contributed by atoms with E-state index in [4.69, 9.17) is 8.83 Å². The van der Waals surface area contributed by atoms with Crippen LogP contribution in [0.4, 0.5) is 34.1 Å². The summed E-state index contributed by atoms with van der Waals surface area (Å²) in [6.45, 7) is 0. The Balaban J connectivity index is 0.556. The second-order valence-electron chi connectivity index (χ2n) is 36.2. The molecule has 0 N–H and O–H groups in total. The molecule has 0 unspecified atom stereocenters. The van der Waals surface area contributed by atoms with E-state index < -0.39 is 0 Å². The molecule has 6 heteroatoms. The molecule has 4 aromatic heterocycles. The summed E-state index contributed by atoms with van der Waals surface area (Å²) in [5, 5.41) is 13.8. The van der Waals surface area contributed by atoms with Crippen molar-refractivity contribution < 1.29 is 8.83 Å². The van der Waals surface area contributed by atoms with Crippen LogP contribution in [0.3, 0.4) is 0 Å². The van der Waals surface area contributed by atoms with Crippen LogP contribution in [0.1, 0.15) is 0 Å². The van der Waals surface area contributed by atoms with Crippen molar-refractivity contribution in [3.63, 3.8) is 0 Å². The number of hydrogen-bond donors (Lipinski definition) is 0. The second-order valence-corrected chi connectivity index (χ2v) is 36.2. The van der Waals surface area contributed by atoms with Gasteiger partial charge in [0, 0.05) is 99.1 Å². The molecular weight excluding hydrogens is 1700 g/mol. The summed E-state index contributed by atoms with van der Waals surface area (Å²) in [5.41, 5.74) is 38.3. The standard InChI is InChI=1S/C134H84N4O2/c1-2-31-87(32-3-1)101-33-4-5-39-109(101)111-41-12-23-54-126(111)136(123-51-20-9-35-104(123)89-63-67-91(68-64-89)106-37-11-22-53-125(106)138-129-57-26-15-44-114(129)115-45-16-27-58-130(115)138)100-80-73-94(74-81-100)120-84-96(85-121-117-47-18-29-60-132(117)140-134(120)121)95-75-82-102-97(83-95)86-119(110-40-7-6-38-108(102)110)93-71-78-99(79-72-93)135(98-76-69-92(70-77-98)107-48-30-49-118-116-46-17-28-59-131(116)139-133(107)118)122-50-19-8-34-103(122)88-61-65-90(66-62-88)105-36-10-21-52-124(105)137-127-55-24-13-42-112(127)113-43-14-25-56-128(113)137/h1-26,28-57,59-86H. The topological polar surface area (TPSA) is 42.6 Å². The van der Waals surface area contributed by atoms with E-state index in [0.717, 1.165) is 222 Å². The zero-order valence-corrected chi connectivity index (χ0v) is 76.1. The molecule has 0 fully saturated rings. The van der Waals surface area contributed by atoms with Crippen LogP contribution in [0.2, 0.25) is 0 Å². The van der Waals surface area contributed by atoms with Gasteiger partial charge >= 0.3 is 0 Å². The number of hydrogen-bond acceptors (Lipinski definition) is 4. The Morgan fingerprint density at radius 1 is 0.186 bits per heavy atom. The fourth-order valence-corrected chi connectivity index (χ4v) is 21.9. The average molecular weight is 1780 g/mol. The average Bonchev–Trinajstić information content (AvgIpc) is 1.69. The molecular formula is C134H84N4O2. The fourth-order valence-electron chi connectivity index (χ4n) is 21.9. The Hall–Kier alpha value is -18.8. The van der Waals surface area contributed by atoms with Crippen LogP contribution in [-0.4, -0.2) is 9.13 Å². The van der Waals surface area contributed by atoms with Gasteiger partial charge in [-0.05, 0) is 233 Å². The number of para-hydroxylation sites is 11. The van der Waals surface area contributed by atoms with Gasteiger partial charge in [-0.2, -0.15) is 0 Å². The zero-order valence-electron chi connectivity index (χ0n) is 76.1. The van der Waals surface area contributed by atoms with Gasteiger partial charge in [-0.25, -0.2) is 0 Å². The number of rotatable bonds is 18. The number of fused-ring (bicyclic) bond motifs is 15. The summed E-state index contributed by atoms with van der Waals surface area (Å²) < 4.78 is 18.5. The van der Waals surface area contributed by atoms with E-state index in [0.29, 0.717) is 0 Å². The fraction of sp³-hybridized carbons (Fsp3) is 0. The SMILES string of the molecule is c1ccc2c3ccccc3n(-c3ccccc3-c3ccc(-c4ccccc4N(c4ccc(-c5cc(-c6ccc7c(c6)cc(-c6ccc(N(c8ccc(-c9cccc%10c9oc9ccccc9%10)cc8)c8ccccc8-c8ccc(-c9ccccc9-n9c%10ccccc%10c%10ccccc%109)cc8)cc6)c6ccccc67)cc6c5oc5ccccc56)cc4)c4ccccc4-c4ccccc4-c4ccccc4)cc3)c2c#1. The van der Waals surface area contributed by atoms with Gasteiger partial charge in [-0.15, -0.1) is 0 Å². The maximum Gasteiger partial charge on any atom is 0.143 e. The van der Waals surface area contributed by atoms with Crippen molar-refractivity contribution in [3.8, 4) is 123 Å². The van der Waals surface area contributed by atoms with E-state index in [-0.39, 0.29) is 0 Å². The summed E-state index contributed by atoms with van der Waals surface area (Å²) in [6.07, 6.45) is 0. The Kier molecular flexibility index (Phi) is 19.4. The molecule has 23 aromatic carbocycles. The van der Waals surface area contributed by atoms with E-state index >= 15 is 0 Å². The van der Waals surface area contributed by atoms with Gasteiger partial charge < -0.3 is 27.8 Å². The van der Waals surface area contributed by atoms with Crippen LogP contribution in [0.5, 0.6) is 0 Å². The van der Waals surface area contributed by atoms with Gasteiger partial charge in [0.2, 0.25) is 0 Å². The zero-order chi connectivity index (χ0) is 92.2. The third kappa shape index (κ3) is 13.7. The van der Waals surface area contributed by atoms with Crippen molar-refractivity contribution >= 4 is 143 Å². The number of furan rings is 2. The molecule has 0 saturated carbocycles. The molecule has 4 heterocycles. The van der Waals surface area contributed by atoms with Crippen molar-refractivity contribution in [2.75, 3.05) is 9.80 Å². The summed E-state index contributed by atoms with van der Waals surface area (Å²) in [6, 6.07) is 193. The summed E-state index contributed by atoms with van der Waals surface area (Å²) in [4.78, 5) is 4.88. The van der Waals surface area contributed by atoms with Crippen LogP contribution < -0.4 is 9.80 Å². The largest absolute Gasteiger partial charge is 0.455 e. The molecule has 0 radical (unpaired) electrons. The molecule has 0 aliphatic heterocycles. The van der Waals surface area contributed by atoms with Crippen LogP contribution in [0, 0.1) is 12.1 Å². The van der Waals surface area contributed by atoms with Gasteiger partial charge in [0.05, 0.1) is 45.0 Å². The summed E-state index contributed by atoms with van der Waals surface area (Å²) in [7, 11) is 0. The molecule has 140 heavy (non-hydrogen) atoms.